The molecule has 1 aromatic rings. The van der Waals surface area contributed by atoms with E-state index in [-0.39, 0.29) is 0 Å². The molecule has 0 saturated heterocycles. The third-order valence-electron chi connectivity index (χ3n) is 2.47. The smallest absolute Gasteiger partial charge is 0.235 e. The normalized spacial score (nSPS) is 11.8. The number of rotatable bonds is 6. The van der Waals surface area contributed by atoms with E-state index in [1.54, 1.807) is 27.0 Å². The molecular formula is C12H19NO3S. The Hall–Kier alpha value is -1.07. The molecule has 0 saturated carbocycles. The van der Waals surface area contributed by atoms with Crippen molar-refractivity contribution in [3.05, 3.63) is 29.8 Å². The van der Waals surface area contributed by atoms with Crippen molar-refractivity contribution >= 4 is 15.7 Å². The van der Waals surface area contributed by atoms with E-state index in [1.165, 1.54) is 0 Å². The highest BCUT2D eigenvalue weighted by Crippen LogP contribution is 2.18. The largest absolute Gasteiger partial charge is 0.384 e. The van der Waals surface area contributed by atoms with Crippen LogP contribution in [0.4, 0.5) is 5.69 Å². The van der Waals surface area contributed by atoms with E-state index in [0.717, 1.165) is 5.56 Å². The van der Waals surface area contributed by atoms with Crippen molar-refractivity contribution in [2.24, 2.45) is 0 Å². The zero-order chi connectivity index (χ0) is 12.9. The summed E-state index contributed by atoms with van der Waals surface area (Å²) in [4.78, 5) is 0. The van der Waals surface area contributed by atoms with Crippen LogP contribution in [0.3, 0.4) is 0 Å². The molecule has 0 aliphatic carbocycles. The second kappa shape index (κ2) is 6.02. The van der Waals surface area contributed by atoms with Gasteiger partial charge < -0.3 is 4.74 Å². The van der Waals surface area contributed by atoms with Crippen LogP contribution in [-0.2, 0) is 21.2 Å². The second-order valence-corrected chi connectivity index (χ2v) is 6.33. The number of anilines is 1. The molecule has 0 spiro atoms. The zero-order valence-corrected chi connectivity index (χ0v) is 11.3. The van der Waals surface area contributed by atoms with Crippen molar-refractivity contribution in [2.45, 2.75) is 25.5 Å². The minimum Gasteiger partial charge on any atom is -0.384 e. The molecule has 1 N–H and O–H groups in total. The average molecular weight is 257 g/mol. The molecule has 0 aliphatic heterocycles. The number of sulfonamides is 1. The predicted molar refractivity (Wildman–Crippen MR) is 69.7 cm³/mol. The summed E-state index contributed by atoms with van der Waals surface area (Å²) in [5.74, 6) is 0. The molecule has 0 heterocycles. The molecular weight excluding hydrogens is 238 g/mol. The first kappa shape index (κ1) is 14.0. The summed E-state index contributed by atoms with van der Waals surface area (Å²) in [6, 6.07) is 7.37. The van der Waals surface area contributed by atoms with Crippen molar-refractivity contribution in [2.75, 3.05) is 18.4 Å². The molecule has 0 atom stereocenters. The highest BCUT2D eigenvalue weighted by Gasteiger charge is 2.16. The fraction of sp³-hybridized carbons (Fsp3) is 0.500. The Morgan fingerprint density at radius 3 is 2.53 bits per heavy atom. The molecule has 96 valence electrons. The first-order chi connectivity index (χ1) is 7.97. The third kappa shape index (κ3) is 4.02. The fourth-order valence-corrected chi connectivity index (χ4v) is 2.06. The average Bonchev–Trinajstić information content (AvgIpc) is 2.27. The van der Waals surface area contributed by atoms with Crippen LogP contribution in [0.1, 0.15) is 19.4 Å². The van der Waals surface area contributed by atoms with Gasteiger partial charge in [-0.15, -0.1) is 0 Å². The van der Waals surface area contributed by atoms with Crippen molar-refractivity contribution in [3.63, 3.8) is 0 Å². The number of hydrogen-bond acceptors (Lipinski definition) is 3. The Morgan fingerprint density at radius 1 is 1.29 bits per heavy atom. The Bertz CT molecular complexity index is 455. The third-order valence-corrected chi connectivity index (χ3v) is 4.21. The van der Waals surface area contributed by atoms with E-state index < -0.39 is 15.3 Å². The molecule has 0 aliphatic rings. The van der Waals surface area contributed by atoms with Gasteiger partial charge in [-0.05, 0) is 31.9 Å². The number of nitrogens with one attached hydrogen (secondary N) is 1. The quantitative estimate of drug-likeness (QED) is 0.848. The van der Waals surface area contributed by atoms with E-state index in [1.807, 2.05) is 18.2 Å². The lowest BCUT2D eigenvalue weighted by molar-refractivity contribution is 0.202. The summed E-state index contributed by atoms with van der Waals surface area (Å²) in [5, 5.41) is -0.446. The monoisotopic (exact) mass is 257 g/mol. The summed E-state index contributed by atoms with van der Waals surface area (Å²) in [7, 11) is -1.66. The van der Waals surface area contributed by atoms with E-state index >= 15 is 0 Å². The fourth-order valence-electron chi connectivity index (χ4n) is 1.32. The Balaban J connectivity index is 2.91. The van der Waals surface area contributed by atoms with Gasteiger partial charge in [0.15, 0.2) is 0 Å². The summed E-state index contributed by atoms with van der Waals surface area (Å²) in [5.41, 5.74) is 1.58. The molecule has 1 rings (SSSR count). The van der Waals surface area contributed by atoms with Gasteiger partial charge >= 0.3 is 0 Å². The van der Waals surface area contributed by atoms with Crippen LogP contribution in [0.2, 0.25) is 0 Å². The zero-order valence-electron chi connectivity index (χ0n) is 10.4. The Kier molecular flexibility index (Phi) is 4.96. The molecule has 17 heavy (non-hydrogen) atoms. The number of benzene rings is 1. The minimum atomic E-state index is -3.29. The SMILES string of the molecule is COCCc1ccccc1NS(=O)(=O)C(C)C. The molecule has 0 aromatic heterocycles. The summed E-state index contributed by atoms with van der Waals surface area (Å²) < 4.78 is 31.2. The number of para-hydroxylation sites is 1. The summed E-state index contributed by atoms with van der Waals surface area (Å²) in [6.45, 7) is 3.88. The van der Waals surface area contributed by atoms with Gasteiger partial charge in [-0.1, -0.05) is 18.2 Å². The molecule has 0 unspecified atom stereocenters. The van der Waals surface area contributed by atoms with Crippen LogP contribution in [0.5, 0.6) is 0 Å². The van der Waals surface area contributed by atoms with Crippen molar-refractivity contribution in [3.8, 4) is 0 Å². The molecule has 0 fully saturated rings. The molecule has 4 nitrogen and oxygen atoms in total. The maximum atomic E-state index is 11.8. The van der Waals surface area contributed by atoms with Gasteiger partial charge in [-0.3, -0.25) is 4.72 Å². The first-order valence-corrected chi connectivity index (χ1v) is 7.10. The number of methoxy groups -OCH3 is 1. The van der Waals surface area contributed by atoms with Crippen LogP contribution in [0, 0.1) is 0 Å². The van der Waals surface area contributed by atoms with Crippen molar-refractivity contribution < 1.29 is 13.2 Å². The second-order valence-electron chi connectivity index (χ2n) is 4.10. The molecule has 0 amide bonds. The predicted octanol–water partition coefficient (Wildman–Crippen LogP) is 2.03. The van der Waals surface area contributed by atoms with E-state index in [4.69, 9.17) is 4.74 Å². The maximum Gasteiger partial charge on any atom is 0.235 e. The molecule has 1 aromatic carbocycles. The summed E-state index contributed by atoms with van der Waals surface area (Å²) in [6.07, 6.45) is 0.688. The molecule has 0 bridgehead atoms. The van der Waals surface area contributed by atoms with Crippen LogP contribution in [0.15, 0.2) is 24.3 Å². The highest BCUT2D eigenvalue weighted by atomic mass is 32.2. The molecule has 5 heteroatoms. The lowest BCUT2D eigenvalue weighted by atomic mass is 10.1. The van der Waals surface area contributed by atoms with E-state index in [9.17, 15) is 8.42 Å². The van der Waals surface area contributed by atoms with Gasteiger partial charge in [-0.2, -0.15) is 0 Å². The number of ether oxygens (including phenoxy) is 1. The topological polar surface area (TPSA) is 55.4 Å². The van der Waals surface area contributed by atoms with E-state index in [0.29, 0.717) is 18.7 Å². The Labute approximate surface area is 103 Å². The van der Waals surface area contributed by atoms with Crippen molar-refractivity contribution in [1.29, 1.82) is 0 Å². The van der Waals surface area contributed by atoms with Crippen LogP contribution >= 0.6 is 0 Å². The van der Waals surface area contributed by atoms with Gasteiger partial charge in [0.25, 0.3) is 0 Å². The standard InChI is InChI=1S/C12H19NO3S/c1-10(2)17(14,15)13-12-7-5-4-6-11(12)8-9-16-3/h4-7,10,13H,8-9H2,1-3H3. The van der Waals surface area contributed by atoms with E-state index in [2.05, 4.69) is 4.72 Å². The lowest BCUT2D eigenvalue weighted by Gasteiger charge is -2.14. The van der Waals surface area contributed by atoms with Crippen LogP contribution in [-0.4, -0.2) is 27.4 Å². The van der Waals surface area contributed by atoms with Crippen LogP contribution < -0.4 is 4.72 Å². The van der Waals surface area contributed by atoms with Gasteiger partial charge in [0.05, 0.1) is 17.5 Å². The number of hydrogen-bond donors (Lipinski definition) is 1. The van der Waals surface area contributed by atoms with Crippen molar-refractivity contribution in [1.82, 2.24) is 0 Å². The van der Waals surface area contributed by atoms with Gasteiger partial charge in [-0.25, -0.2) is 8.42 Å². The highest BCUT2D eigenvalue weighted by molar-refractivity contribution is 7.93. The maximum absolute atomic E-state index is 11.8. The lowest BCUT2D eigenvalue weighted by Crippen LogP contribution is -2.23. The van der Waals surface area contributed by atoms with Gasteiger partial charge in [0, 0.05) is 7.11 Å². The Morgan fingerprint density at radius 2 is 1.94 bits per heavy atom. The summed E-state index contributed by atoms with van der Waals surface area (Å²) >= 11 is 0. The van der Waals surface area contributed by atoms with Gasteiger partial charge in [0.2, 0.25) is 10.0 Å². The van der Waals surface area contributed by atoms with Gasteiger partial charge in [0.1, 0.15) is 0 Å². The van der Waals surface area contributed by atoms with Crippen LogP contribution in [0.25, 0.3) is 0 Å². The minimum absolute atomic E-state index is 0.446. The first-order valence-electron chi connectivity index (χ1n) is 5.56. The molecule has 0 radical (unpaired) electrons.